The summed E-state index contributed by atoms with van der Waals surface area (Å²) in [6.45, 7) is 11.2. The van der Waals surface area contributed by atoms with Crippen molar-refractivity contribution in [1.29, 1.82) is 0 Å². The summed E-state index contributed by atoms with van der Waals surface area (Å²) >= 11 is 0. The van der Waals surface area contributed by atoms with Gasteiger partial charge in [0.1, 0.15) is 0 Å². The van der Waals surface area contributed by atoms with E-state index in [1.807, 2.05) is 0 Å². The van der Waals surface area contributed by atoms with Crippen LogP contribution in [-0.2, 0) is 0 Å². The molecule has 1 saturated heterocycles. The van der Waals surface area contributed by atoms with Crippen LogP contribution in [0.3, 0.4) is 0 Å². The maximum absolute atomic E-state index is 3.90. The fourth-order valence-electron chi connectivity index (χ4n) is 4.72. The van der Waals surface area contributed by atoms with Gasteiger partial charge in [0.25, 0.3) is 0 Å². The van der Waals surface area contributed by atoms with Gasteiger partial charge >= 0.3 is 0 Å². The molecule has 3 aliphatic rings. The van der Waals surface area contributed by atoms with Crippen molar-refractivity contribution in [1.82, 2.24) is 10.2 Å². The molecule has 20 heavy (non-hydrogen) atoms. The molecule has 1 N–H and O–H groups in total. The highest BCUT2D eigenvalue weighted by Gasteiger charge is 2.46. The normalized spacial score (nSPS) is 38.9. The summed E-state index contributed by atoms with van der Waals surface area (Å²) in [5.74, 6) is 0.946. The van der Waals surface area contributed by atoms with E-state index in [0.717, 1.165) is 12.0 Å². The Morgan fingerprint density at radius 1 is 1.10 bits per heavy atom. The van der Waals surface area contributed by atoms with Crippen molar-refractivity contribution in [3.05, 3.63) is 0 Å². The first-order valence-corrected chi connectivity index (χ1v) is 9.04. The molecule has 1 aliphatic heterocycles. The molecule has 2 nitrogen and oxygen atoms in total. The second-order valence-electron chi connectivity index (χ2n) is 8.41. The maximum Gasteiger partial charge on any atom is 0.0309 e. The minimum Gasteiger partial charge on any atom is -0.308 e. The molecule has 0 aromatic rings. The summed E-state index contributed by atoms with van der Waals surface area (Å²) in [4.78, 5) is 2.86. The Balaban J connectivity index is 1.67. The first-order valence-electron chi connectivity index (χ1n) is 9.04. The van der Waals surface area contributed by atoms with Crippen LogP contribution in [0.2, 0.25) is 0 Å². The SMILES string of the molecule is CCC1CNC(C)(C2CC2)CN1CC1(C)CCCCC1. The summed E-state index contributed by atoms with van der Waals surface area (Å²) in [5.41, 5.74) is 0.990. The van der Waals surface area contributed by atoms with Gasteiger partial charge in [-0.05, 0) is 50.4 Å². The number of hydrogen-bond acceptors (Lipinski definition) is 2. The standard InChI is InChI=1S/C18H34N2/c1-4-16-12-19-18(3,15-8-9-15)14-20(16)13-17(2)10-6-5-7-11-17/h15-16,19H,4-14H2,1-3H3. The van der Waals surface area contributed by atoms with Crippen LogP contribution in [0.25, 0.3) is 0 Å². The van der Waals surface area contributed by atoms with E-state index in [4.69, 9.17) is 0 Å². The smallest absolute Gasteiger partial charge is 0.0309 e. The molecule has 3 rings (SSSR count). The molecular weight excluding hydrogens is 244 g/mol. The van der Waals surface area contributed by atoms with E-state index in [9.17, 15) is 0 Å². The van der Waals surface area contributed by atoms with Crippen LogP contribution in [0, 0.1) is 11.3 Å². The van der Waals surface area contributed by atoms with Gasteiger partial charge in [-0.25, -0.2) is 0 Å². The van der Waals surface area contributed by atoms with Crippen molar-refractivity contribution in [2.75, 3.05) is 19.6 Å². The molecule has 2 aliphatic carbocycles. The van der Waals surface area contributed by atoms with Crippen LogP contribution >= 0.6 is 0 Å². The Hall–Kier alpha value is -0.0800. The van der Waals surface area contributed by atoms with Crippen molar-refractivity contribution < 1.29 is 0 Å². The second kappa shape index (κ2) is 5.61. The van der Waals surface area contributed by atoms with Crippen molar-refractivity contribution in [2.45, 2.75) is 83.7 Å². The van der Waals surface area contributed by atoms with Gasteiger partial charge < -0.3 is 5.32 Å². The van der Waals surface area contributed by atoms with Crippen LogP contribution in [0.1, 0.15) is 72.1 Å². The molecule has 0 amide bonds. The predicted molar refractivity (Wildman–Crippen MR) is 86.0 cm³/mol. The van der Waals surface area contributed by atoms with Gasteiger partial charge in [0.15, 0.2) is 0 Å². The molecule has 0 radical (unpaired) electrons. The van der Waals surface area contributed by atoms with Gasteiger partial charge in [0.05, 0.1) is 0 Å². The third-order valence-corrected chi connectivity index (χ3v) is 6.38. The van der Waals surface area contributed by atoms with Crippen LogP contribution in [0.4, 0.5) is 0 Å². The Morgan fingerprint density at radius 2 is 1.80 bits per heavy atom. The van der Waals surface area contributed by atoms with E-state index >= 15 is 0 Å². The lowest BCUT2D eigenvalue weighted by atomic mass is 9.74. The molecule has 0 aromatic heterocycles. The van der Waals surface area contributed by atoms with E-state index in [1.54, 1.807) is 0 Å². The fraction of sp³-hybridized carbons (Fsp3) is 1.00. The molecular formula is C18H34N2. The number of rotatable bonds is 4. The summed E-state index contributed by atoms with van der Waals surface area (Å²) in [5, 5.41) is 3.90. The Bertz CT molecular complexity index is 330. The van der Waals surface area contributed by atoms with Crippen molar-refractivity contribution in [3.8, 4) is 0 Å². The highest BCUT2D eigenvalue weighted by Crippen LogP contribution is 2.43. The average molecular weight is 278 g/mol. The van der Waals surface area contributed by atoms with E-state index in [-0.39, 0.29) is 0 Å². The van der Waals surface area contributed by atoms with Crippen LogP contribution in [0.15, 0.2) is 0 Å². The van der Waals surface area contributed by atoms with Crippen LogP contribution in [-0.4, -0.2) is 36.1 Å². The van der Waals surface area contributed by atoms with E-state index < -0.39 is 0 Å². The number of piperazine rings is 1. The zero-order valence-corrected chi connectivity index (χ0v) is 13.9. The zero-order chi connectivity index (χ0) is 14.2. The predicted octanol–water partition coefficient (Wildman–Crippen LogP) is 3.81. The van der Waals surface area contributed by atoms with Crippen molar-refractivity contribution in [3.63, 3.8) is 0 Å². The molecule has 2 atom stereocenters. The second-order valence-corrected chi connectivity index (χ2v) is 8.41. The first kappa shape index (κ1) is 14.8. The lowest BCUT2D eigenvalue weighted by Gasteiger charge is -2.50. The third kappa shape index (κ3) is 3.06. The number of nitrogens with one attached hydrogen (secondary N) is 1. The lowest BCUT2D eigenvalue weighted by molar-refractivity contribution is 0.0257. The van der Waals surface area contributed by atoms with Gasteiger partial charge in [0.2, 0.25) is 0 Å². The Morgan fingerprint density at radius 3 is 2.40 bits per heavy atom. The highest BCUT2D eigenvalue weighted by atomic mass is 15.3. The molecule has 0 spiro atoms. The minimum atomic E-state index is 0.400. The number of hydrogen-bond donors (Lipinski definition) is 1. The largest absolute Gasteiger partial charge is 0.308 e. The molecule has 0 bridgehead atoms. The first-order chi connectivity index (χ1) is 9.55. The monoisotopic (exact) mass is 278 g/mol. The van der Waals surface area contributed by atoms with E-state index in [0.29, 0.717) is 11.0 Å². The maximum atomic E-state index is 3.90. The fourth-order valence-corrected chi connectivity index (χ4v) is 4.72. The lowest BCUT2D eigenvalue weighted by Crippen LogP contribution is -2.65. The molecule has 2 unspecified atom stereocenters. The molecule has 2 saturated carbocycles. The minimum absolute atomic E-state index is 0.400. The number of nitrogens with zero attached hydrogens (tertiary/aromatic N) is 1. The molecule has 0 aromatic carbocycles. The average Bonchev–Trinajstić information content (AvgIpc) is 3.24. The van der Waals surface area contributed by atoms with E-state index in [1.165, 1.54) is 71.0 Å². The topological polar surface area (TPSA) is 15.3 Å². The van der Waals surface area contributed by atoms with Gasteiger partial charge in [-0.3, -0.25) is 4.90 Å². The van der Waals surface area contributed by atoms with Gasteiger partial charge in [0, 0.05) is 31.2 Å². The molecule has 1 heterocycles. The summed E-state index contributed by atoms with van der Waals surface area (Å²) < 4.78 is 0. The Kier molecular flexibility index (Phi) is 4.16. The summed E-state index contributed by atoms with van der Waals surface area (Å²) in [6.07, 6.45) is 11.5. The van der Waals surface area contributed by atoms with Gasteiger partial charge in [-0.2, -0.15) is 0 Å². The van der Waals surface area contributed by atoms with Crippen molar-refractivity contribution in [2.24, 2.45) is 11.3 Å². The van der Waals surface area contributed by atoms with Gasteiger partial charge in [-0.15, -0.1) is 0 Å². The van der Waals surface area contributed by atoms with Crippen LogP contribution < -0.4 is 5.32 Å². The quantitative estimate of drug-likeness (QED) is 0.841. The van der Waals surface area contributed by atoms with Gasteiger partial charge in [-0.1, -0.05) is 33.1 Å². The molecule has 2 heteroatoms. The highest BCUT2D eigenvalue weighted by molar-refractivity contribution is 5.04. The molecule has 116 valence electrons. The Labute approximate surface area is 125 Å². The molecule has 3 fully saturated rings. The third-order valence-electron chi connectivity index (χ3n) is 6.38. The summed E-state index contributed by atoms with van der Waals surface area (Å²) in [7, 11) is 0. The summed E-state index contributed by atoms with van der Waals surface area (Å²) in [6, 6.07) is 0.764. The van der Waals surface area contributed by atoms with Crippen molar-refractivity contribution >= 4 is 0 Å². The zero-order valence-electron chi connectivity index (χ0n) is 13.9. The van der Waals surface area contributed by atoms with Crippen LogP contribution in [0.5, 0.6) is 0 Å². The van der Waals surface area contributed by atoms with E-state index in [2.05, 4.69) is 31.0 Å².